The van der Waals surface area contributed by atoms with Gasteiger partial charge in [-0.05, 0) is 24.3 Å². The number of hydrogen-bond donors (Lipinski definition) is 1. The highest BCUT2D eigenvalue weighted by atomic mass is 16.5. The van der Waals surface area contributed by atoms with Crippen molar-refractivity contribution in [1.82, 2.24) is 14.7 Å². The third-order valence-corrected chi connectivity index (χ3v) is 3.06. The summed E-state index contributed by atoms with van der Waals surface area (Å²) >= 11 is 0. The maximum absolute atomic E-state index is 12.0. The maximum atomic E-state index is 12.0. The summed E-state index contributed by atoms with van der Waals surface area (Å²) in [6.45, 7) is 0.876. The predicted molar refractivity (Wildman–Crippen MR) is 83.3 cm³/mol. The first-order valence-electron chi connectivity index (χ1n) is 6.86. The van der Waals surface area contributed by atoms with Crippen molar-refractivity contribution in [3.63, 3.8) is 0 Å². The average molecular weight is 304 g/mol. The molecule has 0 unspecified atom stereocenters. The molecule has 0 saturated carbocycles. The second kappa shape index (κ2) is 7.35. The second-order valence-electron chi connectivity index (χ2n) is 4.78. The highest BCUT2D eigenvalue weighted by Crippen LogP contribution is 2.16. The minimum Gasteiger partial charge on any atom is -0.497 e. The van der Waals surface area contributed by atoms with E-state index in [-0.39, 0.29) is 6.03 Å². The molecule has 2 amide bonds. The maximum Gasteiger partial charge on any atom is 0.321 e. The molecule has 1 N–H and O–H groups in total. The molecule has 2 rings (SSSR count). The zero-order valence-corrected chi connectivity index (χ0v) is 12.9. The lowest BCUT2D eigenvalue weighted by Crippen LogP contribution is -2.34. The topological polar surface area (TPSA) is 68.6 Å². The molecular weight excluding hydrogens is 284 g/mol. The lowest BCUT2D eigenvalue weighted by Gasteiger charge is -2.17. The molecule has 0 atom stereocenters. The number of aryl methyl sites for hydroxylation is 1. The van der Waals surface area contributed by atoms with Gasteiger partial charge in [-0.25, -0.2) is 4.79 Å². The van der Waals surface area contributed by atoms with Crippen molar-refractivity contribution < 1.29 is 14.3 Å². The van der Waals surface area contributed by atoms with Gasteiger partial charge in [-0.15, -0.1) is 0 Å². The van der Waals surface area contributed by atoms with Crippen LogP contribution in [0.15, 0.2) is 36.7 Å². The van der Waals surface area contributed by atoms with Crippen LogP contribution in [-0.4, -0.2) is 48.0 Å². The van der Waals surface area contributed by atoms with Gasteiger partial charge in [-0.2, -0.15) is 5.10 Å². The molecule has 0 aliphatic heterocycles. The molecule has 1 aromatic carbocycles. The molecule has 0 radical (unpaired) electrons. The summed E-state index contributed by atoms with van der Waals surface area (Å²) in [5.41, 5.74) is 0.662. The zero-order valence-electron chi connectivity index (χ0n) is 12.9. The Balaban J connectivity index is 1.74. The number of rotatable bonds is 6. The van der Waals surface area contributed by atoms with Crippen LogP contribution < -0.4 is 14.8 Å². The Morgan fingerprint density at radius 1 is 1.32 bits per heavy atom. The van der Waals surface area contributed by atoms with Crippen LogP contribution in [0.3, 0.4) is 0 Å². The number of aromatic nitrogens is 2. The minimum absolute atomic E-state index is 0.202. The molecule has 0 spiro atoms. The van der Waals surface area contributed by atoms with Gasteiger partial charge in [0.25, 0.3) is 0 Å². The summed E-state index contributed by atoms with van der Waals surface area (Å²) in [7, 11) is 5.12. The predicted octanol–water partition coefficient (Wildman–Crippen LogP) is 1.97. The molecule has 7 nitrogen and oxygen atoms in total. The lowest BCUT2D eigenvalue weighted by molar-refractivity contribution is 0.207. The number of nitrogens with zero attached hydrogens (tertiary/aromatic N) is 3. The molecule has 0 bridgehead atoms. The molecule has 2 aromatic rings. The van der Waals surface area contributed by atoms with Crippen molar-refractivity contribution in [1.29, 1.82) is 0 Å². The Bertz CT molecular complexity index is 610. The second-order valence-corrected chi connectivity index (χ2v) is 4.78. The Kier molecular flexibility index (Phi) is 5.24. The first kappa shape index (κ1) is 15.7. The van der Waals surface area contributed by atoms with Gasteiger partial charge in [0.15, 0.2) is 0 Å². The molecule has 22 heavy (non-hydrogen) atoms. The van der Waals surface area contributed by atoms with E-state index < -0.39 is 0 Å². The first-order valence-corrected chi connectivity index (χ1v) is 6.86. The molecule has 0 aliphatic carbocycles. The van der Waals surface area contributed by atoms with Crippen molar-refractivity contribution in [3.8, 4) is 11.5 Å². The monoisotopic (exact) mass is 304 g/mol. The van der Waals surface area contributed by atoms with Crippen LogP contribution in [0, 0.1) is 0 Å². The van der Waals surface area contributed by atoms with Crippen molar-refractivity contribution in [3.05, 3.63) is 36.7 Å². The van der Waals surface area contributed by atoms with Gasteiger partial charge in [0.2, 0.25) is 0 Å². The van der Waals surface area contributed by atoms with E-state index in [1.807, 2.05) is 24.3 Å². The number of urea groups is 1. The molecule has 1 aromatic heterocycles. The fraction of sp³-hybridized carbons (Fsp3) is 0.333. The van der Waals surface area contributed by atoms with Crippen molar-refractivity contribution >= 4 is 11.7 Å². The summed E-state index contributed by atoms with van der Waals surface area (Å²) in [5, 5.41) is 6.75. The number of ether oxygens (including phenoxy) is 2. The van der Waals surface area contributed by atoms with E-state index in [9.17, 15) is 4.79 Å². The van der Waals surface area contributed by atoms with Crippen LogP contribution in [0.25, 0.3) is 0 Å². The van der Waals surface area contributed by atoms with Crippen molar-refractivity contribution in [2.75, 3.05) is 32.6 Å². The molecule has 0 saturated heterocycles. The Morgan fingerprint density at radius 2 is 2.00 bits per heavy atom. The van der Waals surface area contributed by atoms with Crippen molar-refractivity contribution in [2.45, 2.75) is 0 Å². The van der Waals surface area contributed by atoms with Crippen LogP contribution in [0.1, 0.15) is 0 Å². The average Bonchev–Trinajstić information content (AvgIpc) is 2.93. The Labute approximate surface area is 129 Å². The summed E-state index contributed by atoms with van der Waals surface area (Å²) < 4.78 is 12.3. The van der Waals surface area contributed by atoms with E-state index in [2.05, 4.69) is 10.4 Å². The van der Waals surface area contributed by atoms with E-state index in [1.54, 1.807) is 43.2 Å². The summed E-state index contributed by atoms with van der Waals surface area (Å²) in [5.74, 6) is 1.52. The number of amides is 2. The van der Waals surface area contributed by atoms with E-state index in [4.69, 9.17) is 9.47 Å². The number of benzene rings is 1. The van der Waals surface area contributed by atoms with Gasteiger partial charge in [0.1, 0.15) is 18.1 Å². The third kappa shape index (κ3) is 4.41. The number of anilines is 1. The molecule has 0 aliphatic rings. The fourth-order valence-corrected chi connectivity index (χ4v) is 1.78. The third-order valence-electron chi connectivity index (χ3n) is 3.06. The van der Waals surface area contributed by atoms with Crippen LogP contribution in [0.5, 0.6) is 11.5 Å². The largest absolute Gasteiger partial charge is 0.497 e. The van der Waals surface area contributed by atoms with Crippen molar-refractivity contribution in [2.24, 2.45) is 7.05 Å². The van der Waals surface area contributed by atoms with Gasteiger partial charge in [-0.3, -0.25) is 4.68 Å². The molecule has 118 valence electrons. The first-order chi connectivity index (χ1) is 10.6. The van der Waals surface area contributed by atoms with E-state index in [0.29, 0.717) is 18.8 Å². The number of carbonyl (C=O) groups is 1. The number of methoxy groups -OCH3 is 1. The summed E-state index contributed by atoms with van der Waals surface area (Å²) in [6, 6.07) is 7.11. The summed E-state index contributed by atoms with van der Waals surface area (Å²) in [4.78, 5) is 13.5. The summed E-state index contributed by atoms with van der Waals surface area (Å²) in [6.07, 6.45) is 3.33. The molecule has 0 fully saturated rings. The number of likely N-dealkylation sites (N-methyl/N-ethyl adjacent to an activating group) is 1. The van der Waals surface area contributed by atoms with E-state index in [1.165, 1.54) is 0 Å². The van der Waals surface area contributed by atoms with Crippen LogP contribution >= 0.6 is 0 Å². The minimum atomic E-state index is -0.202. The van der Waals surface area contributed by atoms with Gasteiger partial charge in [0.05, 0.1) is 25.5 Å². The van der Waals surface area contributed by atoms with Gasteiger partial charge >= 0.3 is 6.03 Å². The van der Waals surface area contributed by atoms with Crippen LogP contribution in [0.2, 0.25) is 0 Å². The van der Waals surface area contributed by atoms with Crippen LogP contribution in [-0.2, 0) is 7.05 Å². The van der Waals surface area contributed by atoms with Crippen LogP contribution in [0.4, 0.5) is 10.5 Å². The van der Waals surface area contributed by atoms with E-state index in [0.717, 1.165) is 11.5 Å². The highest BCUT2D eigenvalue weighted by Gasteiger charge is 2.09. The Hall–Kier alpha value is -2.70. The smallest absolute Gasteiger partial charge is 0.321 e. The zero-order chi connectivity index (χ0) is 15.9. The molecule has 7 heteroatoms. The number of nitrogens with one attached hydrogen (secondary N) is 1. The van der Waals surface area contributed by atoms with E-state index >= 15 is 0 Å². The highest BCUT2D eigenvalue weighted by molar-refractivity contribution is 5.88. The Morgan fingerprint density at radius 3 is 2.59 bits per heavy atom. The number of hydrogen-bond acceptors (Lipinski definition) is 4. The van der Waals surface area contributed by atoms with Gasteiger partial charge in [-0.1, -0.05) is 0 Å². The normalized spacial score (nSPS) is 10.1. The molecular formula is C15H20N4O3. The standard InChI is InChI=1S/C15H20N4O3/c1-18(15(20)17-12-10-16-19(2)11-12)8-9-22-14-6-4-13(21-3)5-7-14/h4-7,10-11H,8-9H2,1-3H3,(H,17,20). The lowest BCUT2D eigenvalue weighted by atomic mass is 10.3. The van der Waals surface area contributed by atoms with Gasteiger partial charge in [0, 0.05) is 20.3 Å². The molecule has 1 heterocycles. The van der Waals surface area contributed by atoms with Gasteiger partial charge < -0.3 is 19.7 Å². The fourth-order valence-electron chi connectivity index (χ4n) is 1.78. The SMILES string of the molecule is COc1ccc(OCCN(C)C(=O)Nc2cnn(C)c2)cc1. The number of carbonyl (C=O) groups excluding carboxylic acids is 1. The quantitative estimate of drug-likeness (QED) is 0.886.